The molecular formula is C126H92BrFN13OPt4-9. The average molecular weight is 2680 g/mol. The van der Waals surface area contributed by atoms with Crippen molar-refractivity contribution in [2.24, 2.45) is 0 Å². The summed E-state index contributed by atoms with van der Waals surface area (Å²) in [4.78, 5) is 8.69. The summed E-state index contributed by atoms with van der Waals surface area (Å²) >= 11 is 5.50. The minimum absolute atomic E-state index is 0. The van der Waals surface area contributed by atoms with Crippen LogP contribution >= 0.6 is 13.3 Å². The minimum Gasteiger partial charge on any atom is 0 e. The maximum absolute atomic E-state index is 9.47. The van der Waals surface area contributed by atoms with Crippen LogP contribution < -0.4 is 9.64 Å². The summed E-state index contributed by atoms with van der Waals surface area (Å²) in [5.74, 6) is 2.00. The van der Waals surface area contributed by atoms with Gasteiger partial charge in [0.15, 0.2) is 0 Å². The molecule has 0 saturated carbocycles. The Morgan fingerprint density at radius 1 is 0.329 bits per heavy atom. The first-order chi connectivity index (χ1) is 70.6. The number of anilines is 1. The van der Waals surface area contributed by atoms with Gasteiger partial charge in [-0.1, -0.05) is 119 Å². The Labute approximate surface area is 912 Å². The van der Waals surface area contributed by atoms with Crippen LogP contribution in [0.2, 0.25) is 0 Å². The second-order valence-corrected chi connectivity index (χ2v) is 33.8. The summed E-state index contributed by atoms with van der Waals surface area (Å²) in [6.07, 6.45) is 5.82. The number of rotatable bonds is 18. The standard InChI is InChI=1S/C38H29N6O.3C29H21N2.CN.BrH.FH.4Pt/c1-26-38(27(2)44(40-26)29-11-5-4-6-12-29)28-21-30(42-20-19-41(3)25-42)23-32(22-28)45-31-16-17-34-33-13-7-8-14-35(33)43(36(34)24-31)37-15-9-10-18-39-37;3*1-21-29(22(2)31(30-21)28-16-10-5-11-17-28)27-19-25(23-12-6-3-7-13-23)18-26(20-27)24-14-8-4-9-15-24;1-2;;;;;;/h4-22,25H,1-3H3;3*3-12,14,16-17,19-20H,1-2H3;;2*1H;;;;/q4*-3;-1;;;;2*+1;+4/p-2. The number of nitrogens with zero attached hydrogens (tertiary/aromatic N) is 13. The minimum atomic E-state index is 0. The molecule has 0 bridgehead atoms. The smallest absolute Gasteiger partial charge is 0 e. The Hall–Kier alpha value is -14.9. The van der Waals surface area contributed by atoms with Gasteiger partial charge >= 0.3 is 75.6 Å². The van der Waals surface area contributed by atoms with E-state index in [0.29, 0.717) is 31.8 Å². The molecule has 0 saturated heterocycles. The molecule has 0 atom stereocenters. The van der Waals surface area contributed by atoms with E-state index in [-0.39, 0.29) is 42.1 Å². The molecule has 16 aromatic carbocycles. The number of aryl methyl sites for hydroxylation is 4. The molecule has 7 heterocycles. The summed E-state index contributed by atoms with van der Waals surface area (Å²) < 4.78 is 26.2. The Bertz CT molecular complexity index is 7480. The van der Waals surface area contributed by atoms with Gasteiger partial charge < -0.3 is 30.9 Å². The first-order valence-corrected chi connectivity index (χ1v) is 52.1. The molecule has 146 heavy (non-hydrogen) atoms. The van der Waals surface area contributed by atoms with E-state index in [0.717, 1.165) is 213 Å². The Balaban J connectivity index is 0.000000145. The van der Waals surface area contributed by atoms with Gasteiger partial charge in [0.25, 0.3) is 0 Å². The van der Waals surface area contributed by atoms with Gasteiger partial charge in [-0.2, -0.15) is 215 Å². The molecule has 1 aliphatic rings. The molecule has 1 aliphatic heterocycles. The number of ether oxygens (including phenoxy) is 1. The van der Waals surface area contributed by atoms with Crippen molar-refractivity contribution in [1.29, 1.82) is 5.26 Å². The van der Waals surface area contributed by atoms with E-state index in [1.165, 1.54) is 0 Å². The maximum Gasteiger partial charge on any atom is 4.00 e. The Morgan fingerprint density at radius 2 is 0.637 bits per heavy atom. The second kappa shape index (κ2) is 50.1. The summed E-state index contributed by atoms with van der Waals surface area (Å²) in [6, 6.07) is 163. The molecule has 6 aromatic heterocycles. The quantitative estimate of drug-likeness (QED) is 0.0771. The number of halogens is 2. The molecule has 20 heteroatoms. The summed E-state index contributed by atoms with van der Waals surface area (Å²) in [7, 11) is 2.00. The molecule has 22 aromatic rings. The number of fused-ring (bicyclic) bond motifs is 3. The van der Waals surface area contributed by atoms with E-state index < -0.39 is 0 Å². The molecule has 730 valence electrons. The van der Waals surface area contributed by atoms with E-state index >= 15 is 0 Å². The van der Waals surface area contributed by atoms with Crippen LogP contribution in [0.15, 0.2) is 389 Å². The van der Waals surface area contributed by atoms with Crippen LogP contribution in [0.25, 0.3) is 162 Å². The predicted octanol–water partition coefficient (Wildman–Crippen LogP) is 30.4. The van der Waals surface area contributed by atoms with Crippen LogP contribution in [0.5, 0.6) is 11.5 Å². The monoisotopic (exact) mass is 2680 g/mol. The van der Waals surface area contributed by atoms with Gasteiger partial charge in [0, 0.05) is 89.3 Å². The van der Waals surface area contributed by atoms with E-state index in [4.69, 9.17) is 37.0 Å². The third-order valence-corrected chi connectivity index (χ3v) is 24.5. The van der Waals surface area contributed by atoms with Gasteiger partial charge in [0.2, 0.25) is 0 Å². The van der Waals surface area contributed by atoms with Crippen molar-refractivity contribution in [3.05, 3.63) is 514 Å². The molecule has 0 spiro atoms. The van der Waals surface area contributed by atoms with Gasteiger partial charge in [0.05, 0.1) is 45.5 Å². The molecule has 0 amide bonds. The van der Waals surface area contributed by atoms with E-state index in [2.05, 4.69) is 290 Å². The topological polar surface area (TPSA) is 129 Å². The zero-order valence-electron chi connectivity index (χ0n) is 80.8. The third-order valence-electron chi connectivity index (χ3n) is 24.5. The predicted molar refractivity (Wildman–Crippen MR) is 571 cm³/mol. The van der Waals surface area contributed by atoms with Gasteiger partial charge in [-0.3, -0.25) is 0 Å². The number of para-hydroxylation sites is 5. The first-order valence-electron chi connectivity index (χ1n) is 46.3. The Kier molecular flexibility index (Phi) is 36.1. The van der Waals surface area contributed by atoms with Gasteiger partial charge in [-0.05, 0) is 147 Å². The van der Waals surface area contributed by atoms with Crippen LogP contribution in [-0.4, -0.2) is 60.6 Å². The fourth-order valence-corrected chi connectivity index (χ4v) is 18.1. The normalized spacial score (nSPS) is 11.0. The average Bonchev–Trinajstić information content (AvgIpc) is 1.59. The SMILES string of the molecule is Cc1nn(-c2ccccc2)c(C)c1-c1cc(-c2[c-]cccc2)[c-]c(-c2[c-]cccc2)c1.Cc1nn(-c2ccccc2)c(C)c1-c1cc(-c2[c-]cccc2)[c-]c(-c2[c-]cccc2)c1.Cc1nn(-c2ccccc2)c(C)c1-c1cc(-c2[c-]cccc2)[c-]c(-c2[c-]cccc2)c1.Cc1nn(-c2ccccc2)c(C)c1-c1cc(Oc2[c-]c3c(cc2)c2ccccc2n3-c2ccccn2)[c-]c(N2C=CN(C)[CH-]2)c1.[Br][Pt].[C-]#N.[F][Pt].[Pt+4].[Pt]. The van der Waals surface area contributed by atoms with Crippen molar-refractivity contribution >= 4 is 40.8 Å². The number of pyridine rings is 1. The van der Waals surface area contributed by atoms with Crippen molar-refractivity contribution in [1.82, 2.24) is 53.6 Å². The fourth-order valence-electron chi connectivity index (χ4n) is 18.1. The molecule has 23 rings (SSSR count). The molecule has 0 aliphatic carbocycles. The zero-order valence-corrected chi connectivity index (χ0v) is 91.4. The number of hydrogen-bond donors (Lipinski definition) is 0. The molecular weight excluding hydrogens is 2590 g/mol. The molecule has 0 fully saturated rings. The molecule has 0 radical (unpaired) electrons. The maximum atomic E-state index is 9.47. The van der Waals surface area contributed by atoms with Crippen LogP contribution in [0.4, 0.5) is 8.85 Å². The largest absolute Gasteiger partial charge is 4.00 e. The number of benzene rings is 16. The summed E-state index contributed by atoms with van der Waals surface area (Å²) in [5, 5.41) is 27.9. The Morgan fingerprint density at radius 3 is 0.938 bits per heavy atom. The van der Waals surface area contributed by atoms with Gasteiger partial charge in [-0.15, -0.1) is 83.4 Å². The van der Waals surface area contributed by atoms with Crippen LogP contribution in [0.1, 0.15) is 45.6 Å². The van der Waals surface area contributed by atoms with Crippen molar-refractivity contribution in [2.45, 2.75) is 55.4 Å². The van der Waals surface area contributed by atoms with E-state index in [9.17, 15) is 3.16 Å². The fraction of sp³-hybridized carbons (Fsp3) is 0.0714. The summed E-state index contributed by atoms with van der Waals surface area (Å²) in [6.45, 7) is 23.5. The van der Waals surface area contributed by atoms with Crippen molar-refractivity contribution in [2.75, 3.05) is 11.9 Å². The molecule has 0 unspecified atom stereocenters. The van der Waals surface area contributed by atoms with Crippen LogP contribution in [-0.2, 0) is 80.2 Å². The van der Waals surface area contributed by atoms with E-state index in [1.807, 2.05) is 304 Å². The third kappa shape index (κ3) is 23.8. The number of aromatic nitrogens is 10. The van der Waals surface area contributed by atoms with E-state index in [1.54, 1.807) is 0 Å². The zero-order chi connectivity index (χ0) is 100. The van der Waals surface area contributed by atoms with Crippen molar-refractivity contribution in [3.63, 3.8) is 0 Å². The van der Waals surface area contributed by atoms with Crippen LogP contribution in [0.3, 0.4) is 0 Å². The van der Waals surface area contributed by atoms with Gasteiger partial charge in [-0.25, -0.2) is 109 Å². The summed E-state index contributed by atoms with van der Waals surface area (Å²) in [5.41, 5.74) is 36.4. The van der Waals surface area contributed by atoms with Gasteiger partial charge in [0.1, 0.15) is 5.82 Å². The first kappa shape index (κ1) is 105. The molecule has 0 N–H and O–H groups in total. The van der Waals surface area contributed by atoms with Crippen molar-refractivity contribution in [3.8, 4) is 151 Å². The second-order valence-electron chi connectivity index (χ2n) is 33.8. The van der Waals surface area contributed by atoms with Crippen molar-refractivity contribution < 1.29 is 88.1 Å². The molecule has 14 nitrogen and oxygen atoms in total. The van der Waals surface area contributed by atoms with Crippen LogP contribution in [0, 0.1) is 141 Å². The number of hydrogen-bond acceptors (Lipinski definition) is 9.